The van der Waals surface area contributed by atoms with Gasteiger partial charge in [0.2, 0.25) is 5.95 Å². The number of aryl methyl sites for hydroxylation is 2. The van der Waals surface area contributed by atoms with E-state index in [9.17, 15) is 9.00 Å². The molecule has 1 N–H and O–H groups in total. The SMILES string of the molecule is CCOC(=O)c1ccc(N2CCN(c3nc4c(c(Nc5cccc(C)c5)n3)S(=O)CC4)CC2)cc1. The van der Waals surface area contributed by atoms with Crippen molar-refractivity contribution < 1.29 is 13.7 Å². The molecule has 35 heavy (non-hydrogen) atoms. The van der Waals surface area contributed by atoms with Crippen LogP contribution in [0.25, 0.3) is 0 Å². The number of benzene rings is 2. The van der Waals surface area contributed by atoms with E-state index in [2.05, 4.69) is 21.2 Å². The Bertz CT molecular complexity index is 1260. The Balaban J connectivity index is 1.31. The Morgan fingerprint density at radius 2 is 1.80 bits per heavy atom. The summed E-state index contributed by atoms with van der Waals surface area (Å²) in [6, 6.07) is 15.6. The van der Waals surface area contributed by atoms with Crippen molar-refractivity contribution in [3.8, 4) is 0 Å². The molecule has 5 rings (SSSR count). The highest BCUT2D eigenvalue weighted by molar-refractivity contribution is 7.85. The molecule has 0 spiro atoms. The zero-order chi connectivity index (χ0) is 24.4. The van der Waals surface area contributed by atoms with Gasteiger partial charge in [0.15, 0.2) is 5.82 Å². The summed E-state index contributed by atoms with van der Waals surface area (Å²) in [5.41, 5.74) is 4.59. The minimum absolute atomic E-state index is 0.298. The predicted molar refractivity (Wildman–Crippen MR) is 138 cm³/mol. The summed E-state index contributed by atoms with van der Waals surface area (Å²) in [6.07, 6.45) is 0.701. The van der Waals surface area contributed by atoms with Gasteiger partial charge >= 0.3 is 5.97 Å². The molecule has 2 aliphatic rings. The van der Waals surface area contributed by atoms with Crippen LogP contribution in [0.4, 0.5) is 23.1 Å². The summed E-state index contributed by atoms with van der Waals surface area (Å²) < 4.78 is 17.7. The maximum absolute atomic E-state index is 12.7. The van der Waals surface area contributed by atoms with Gasteiger partial charge in [-0.3, -0.25) is 4.21 Å². The van der Waals surface area contributed by atoms with Crippen molar-refractivity contribution in [2.24, 2.45) is 0 Å². The number of carbonyl (C=O) groups excluding carboxylic acids is 1. The Hall–Kier alpha value is -3.46. The molecule has 0 bridgehead atoms. The first kappa shape index (κ1) is 23.3. The largest absolute Gasteiger partial charge is 0.462 e. The van der Waals surface area contributed by atoms with E-state index in [-0.39, 0.29) is 5.97 Å². The van der Waals surface area contributed by atoms with Gasteiger partial charge in [0.1, 0.15) is 4.90 Å². The number of anilines is 4. The van der Waals surface area contributed by atoms with Crippen molar-refractivity contribution in [1.82, 2.24) is 9.97 Å². The highest BCUT2D eigenvalue weighted by atomic mass is 32.2. The van der Waals surface area contributed by atoms with Crippen molar-refractivity contribution in [1.29, 1.82) is 0 Å². The molecule has 9 heteroatoms. The first-order valence-electron chi connectivity index (χ1n) is 11.9. The molecule has 2 aromatic carbocycles. The Morgan fingerprint density at radius 3 is 2.51 bits per heavy atom. The topological polar surface area (TPSA) is 87.7 Å². The fourth-order valence-corrected chi connectivity index (χ4v) is 5.76. The molecule has 1 aromatic heterocycles. The number of rotatable bonds is 6. The number of piperazine rings is 1. The van der Waals surface area contributed by atoms with E-state index in [1.807, 2.05) is 49.4 Å². The first-order valence-corrected chi connectivity index (χ1v) is 13.2. The Morgan fingerprint density at radius 1 is 1.06 bits per heavy atom. The third-order valence-electron chi connectivity index (χ3n) is 6.26. The van der Waals surface area contributed by atoms with Crippen LogP contribution >= 0.6 is 0 Å². The number of hydrogen-bond donors (Lipinski definition) is 1. The quantitative estimate of drug-likeness (QED) is 0.523. The van der Waals surface area contributed by atoms with Crippen LogP contribution in [0, 0.1) is 6.92 Å². The van der Waals surface area contributed by atoms with Gasteiger partial charge in [-0.15, -0.1) is 0 Å². The normalized spacial score (nSPS) is 17.3. The van der Waals surface area contributed by atoms with Gasteiger partial charge in [-0.1, -0.05) is 12.1 Å². The first-order chi connectivity index (χ1) is 17.0. The van der Waals surface area contributed by atoms with Crippen LogP contribution in [-0.2, 0) is 22.0 Å². The van der Waals surface area contributed by atoms with E-state index < -0.39 is 10.8 Å². The van der Waals surface area contributed by atoms with Gasteiger partial charge in [0, 0.05) is 49.7 Å². The second kappa shape index (κ2) is 10.0. The highest BCUT2D eigenvalue weighted by Crippen LogP contribution is 2.32. The smallest absolute Gasteiger partial charge is 0.338 e. The number of esters is 1. The third kappa shape index (κ3) is 5.00. The maximum atomic E-state index is 12.7. The standard InChI is InChI=1S/C26H29N5O3S/c1-3-34-25(32)19-7-9-21(10-8-19)30-12-14-31(15-13-30)26-28-22-11-16-35(33)23(22)24(29-26)27-20-6-4-5-18(2)17-20/h4-10,17H,3,11-16H2,1-2H3,(H,27,28,29). The predicted octanol–water partition coefficient (Wildman–Crippen LogP) is 3.70. The van der Waals surface area contributed by atoms with Crippen LogP contribution in [0.1, 0.15) is 28.5 Å². The molecule has 8 nitrogen and oxygen atoms in total. The minimum atomic E-state index is -1.09. The fourth-order valence-electron chi connectivity index (χ4n) is 4.46. The van der Waals surface area contributed by atoms with Crippen LogP contribution in [0.3, 0.4) is 0 Å². The summed E-state index contributed by atoms with van der Waals surface area (Å²) in [5.74, 6) is 1.61. The highest BCUT2D eigenvalue weighted by Gasteiger charge is 2.28. The van der Waals surface area contributed by atoms with E-state index in [0.29, 0.717) is 36.1 Å². The number of hydrogen-bond acceptors (Lipinski definition) is 8. The Kier molecular flexibility index (Phi) is 6.68. The van der Waals surface area contributed by atoms with Crippen molar-refractivity contribution in [3.63, 3.8) is 0 Å². The zero-order valence-electron chi connectivity index (χ0n) is 20.0. The van der Waals surface area contributed by atoms with Crippen molar-refractivity contribution in [3.05, 3.63) is 65.4 Å². The lowest BCUT2D eigenvalue weighted by Gasteiger charge is -2.36. The second-order valence-corrected chi connectivity index (χ2v) is 10.2. The third-order valence-corrected chi connectivity index (χ3v) is 7.72. The minimum Gasteiger partial charge on any atom is -0.462 e. The molecule has 3 aromatic rings. The van der Waals surface area contributed by atoms with E-state index in [1.165, 1.54) is 0 Å². The summed E-state index contributed by atoms with van der Waals surface area (Å²) in [5, 5.41) is 3.39. The fraction of sp³-hybridized carbons (Fsp3) is 0.346. The number of carbonyl (C=O) groups is 1. The van der Waals surface area contributed by atoms with E-state index >= 15 is 0 Å². The summed E-state index contributed by atoms with van der Waals surface area (Å²) in [4.78, 5) is 26.8. The van der Waals surface area contributed by atoms with Gasteiger partial charge in [-0.05, 0) is 55.8 Å². The monoisotopic (exact) mass is 491 g/mol. The van der Waals surface area contributed by atoms with Crippen molar-refractivity contribution >= 4 is 39.9 Å². The van der Waals surface area contributed by atoms with Gasteiger partial charge in [0.25, 0.3) is 0 Å². The molecule has 1 saturated heterocycles. The zero-order valence-corrected chi connectivity index (χ0v) is 20.8. The summed E-state index contributed by atoms with van der Waals surface area (Å²) in [7, 11) is -1.09. The summed E-state index contributed by atoms with van der Waals surface area (Å²) in [6.45, 7) is 7.38. The van der Waals surface area contributed by atoms with Gasteiger partial charge in [0.05, 0.1) is 28.7 Å². The molecule has 2 aliphatic heterocycles. The molecule has 1 atom stereocenters. The molecule has 0 amide bonds. The molecule has 1 fully saturated rings. The number of aromatic nitrogens is 2. The van der Waals surface area contributed by atoms with Crippen LogP contribution in [0.2, 0.25) is 0 Å². The van der Waals surface area contributed by atoms with Crippen LogP contribution in [0.5, 0.6) is 0 Å². The lowest BCUT2D eigenvalue weighted by molar-refractivity contribution is 0.0526. The van der Waals surface area contributed by atoms with Crippen molar-refractivity contribution in [2.75, 3.05) is 53.7 Å². The average molecular weight is 492 g/mol. The van der Waals surface area contributed by atoms with Gasteiger partial charge in [-0.25, -0.2) is 9.78 Å². The average Bonchev–Trinajstić information content (AvgIpc) is 3.25. The molecular weight excluding hydrogens is 462 g/mol. The molecule has 0 aliphatic carbocycles. The van der Waals surface area contributed by atoms with E-state index in [4.69, 9.17) is 14.7 Å². The molecule has 3 heterocycles. The maximum Gasteiger partial charge on any atom is 0.338 e. The Labute approximate surface area is 207 Å². The number of ether oxygens (including phenoxy) is 1. The molecule has 0 saturated carbocycles. The lowest BCUT2D eigenvalue weighted by Crippen LogP contribution is -2.47. The molecule has 0 radical (unpaired) electrons. The van der Waals surface area contributed by atoms with Crippen LogP contribution in [-0.4, -0.2) is 58.7 Å². The van der Waals surface area contributed by atoms with Gasteiger partial charge < -0.3 is 19.9 Å². The van der Waals surface area contributed by atoms with E-state index in [1.54, 1.807) is 6.92 Å². The number of fused-ring (bicyclic) bond motifs is 1. The molecule has 1 unspecified atom stereocenters. The summed E-state index contributed by atoms with van der Waals surface area (Å²) >= 11 is 0. The number of nitrogens with zero attached hydrogens (tertiary/aromatic N) is 4. The van der Waals surface area contributed by atoms with E-state index in [0.717, 1.165) is 53.7 Å². The van der Waals surface area contributed by atoms with Crippen LogP contribution < -0.4 is 15.1 Å². The molecular formula is C26H29N5O3S. The van der Waals surface area contributed by atoms with Crippen LogP contribution in [0.15, 0.2) is 53.4 Å². The lowest BCUT2D eigenvalue weighted by atomic mass is 10.2. The molecule has 182 valence electrons. The second-order valence-electron chi connectivity index (χ2n) is 8.68. The number of nitrogens with one attached hydrogen (secondary N) is 1. The van der Waals surface area contributed by atoms with Gasteiger partial charge in [-0.2, -0.15) is 4.98 Å². The van der Waals surface area contributed by atoms with Crippen molar-refractivity contribution in [2.45, 2.75) is 25.2 Å².